The van der Waals surface area contributed by atoms with Crippen LogP contribution >= 0.6 is 31.9 Å². The van der Waals surface area contributed by atoms with Crippen molar-refractivity contribution in [2.45, 2.75) is 32.7 Å². The quantitative estimate of drug-likeness (QED) is 0.804. The number of halogens is 2. The van der Waals surface area contributed by atoms with Gasteiger partial charge in [-0.1, -0.05) is 31.9 Å². The van der Waals surface area contributed by atoms with Crippen LogP contribution in [0.25, 0.3) is 0 Å². The van der Waals surface area contributed by atoms with E-state index in [2.05, 4.69) is 37.2 Å². The highest BCUT2D eigenvalue weighted by Crippen LogP contribution is 2.17. The molecule has 17 heavy (non-hydrogen) atoms. The van der Waals surface area contributed by atoms with Crippen LogP contribution in [0.15, 0.2) is 22.7 Å². The lowest BCUT2D eigenvalue weighted by Crippen LogP contribution is -2.43. The van der Waals surface area contributed by atoms with E-state index in [1.54, 1.807) is 0 Å². The van der Waals surface area contributed by atoms with Crippen LogP contribution < -0.4 is 5.32 Å². The van der Waals surface area contributed by atoms with Crippen LogP contribution in [0.3, 0.4) is 0 Å². The molecule has 4 heteroatoms. The molecule has 1 N–H and O–H groups in total. The molecule has 0 saturated heterocycles. The first kappa shape index (κ1) is 14.7. The van der Waals surface area contributed by atoms with E-state index in [-0.39, 0.29) is 11.4 Å². The van der Waals surface area contributed by atoms with Crippen LogP contribution in [-0.4, -0.2) is 16.8 Å². The Kier molecular flexibility index (Phi) is 5.20. The highest BCUT2D eigenvalue weighted by molar-refractivity contribution is 9.10. The summed E-state index contributed by atoms with van der Waals surface area (Å²) in [7, 11) is 0. The second-order valence-electron chi connectivity index (χ2n) is 4.74. The van der Waals surface area contributed by atoms with Crippen LogP contribution in [0.2, 0.25) is 0 Å². The molecule has 0 bridgehead atoms. The smallest absolute Gasteiger partial charge is 0.251 e. The van der Waals surface area contributed by atoms with E-state index in [4.69, 9.17) is 0 Å². The Hall–Kier alpha value is -0.350. The van der Waals surface area contributed by atoms with Gasteiger partial charge in [-0.25, -0.2) is 0 Å². The second-order valence-corrected chi connectivity index (χ2v) is 6.44. The zero-order valence-corrected chi connectivity index (χ0v) is 13.5. The van der Waals surface area contributed by atoms with Crippen LogP contribution in [0.5, 0.6) is 0 Å². The lowest BCUT2D eigenvalue weighted by Gasteiger charge is -2.25. The SMILES string of the molecule is Cc1cc(Br)ccc1C(=O)NC(C)(C)CCBr. The second kappa shape index (κ2) is 6.01. The summed E-state index contributed by atoms with van der Waals surface area (Å²) in [6.07, 6.45) is 0.897. The van der Waals surface area contributed by atoms with Crippen molar-refractivity contribution in [3.63, 3.8) is 0 Å². The zero-order valence-electron chi connectivity index (χ0n) is 10.3. The monoisotopic (exact) mass is 361 g/mol. The Morgan fingerprint density at radius 3 is 2.59 bits per heavy atom. The molecule has 0 radical (unpaired) electrons. The highest BCUT2D eigenvalue weighted by Gasteiger charge is 2.21. The van der Waals surface area contributed by atoms with Gasteiger partial charge < -0.3 is 5.32 Å². The lowest BCUT2D eigenvalue weighted by atomic mass is 10.0. The highest BCUT2D eigenvalue weighted by atomic mass is 79.9. The molecular weight excluding hydrogens is 346 g/mol. The van der Waals surface area contributed by atoms with E-state index in [0.29, 0.717) is 0 Å². The number of hydrogen-bond acceptors (Lipinski definition) is 1. The van der Waals surface area contributed by atoms with Crippen molar-refractivity contribution >= 4 is 37.8 Å². The lowest BCUT2D eigenvalue weighted by molar-refractivity contribution is 0.0911. The summed E-state index contributed by atoms with van der Waals surface area (Å²) < 4.78 is 0.992. The van der Waals surface area contributed by atoms with Gasteiger partial charge in [0.05, 0.1) is 0 Å². The summed E-state index contributed by atoms with van der Waals surface area (Å²) in [5.74, 6) is -0.0130. The number of alkyl halides is 1. The number of carbonyl (C=O) groups is 1. The fourth-order valence-electron chi connectivity index (χ4n) is 1.56. The maximum atomic E-state index is 12.1. The van der Waals surface area contributed by atoms with Crippen LogP contribution in [-0.2, 0) is 0 Å². The van der Waals surface area contributed by atoms with Crippen LogP contribution in [0, 0.1) is 6.92 Å². The first-order valence-corrected chi connectivity index (χ1v) is 7.42. The molecule has 94 valence electrons. The Morgan fingerprint density at radius 1 is 1.41 bits per heavy atom. The van der Waals surface area contributed by atoms with Gasteiger partial charge in [0.25, 0.3) is 5.91 Å². The van der Waals surface area contributed by atoms with Gasteiger partial charge in [0, 0.05) is 20.9 Å². The largest absolute Gasteiger partial charge is 0.347 e. The van der Waals surface area contributed by atoms with E-state index >= 15 is 0 Å². The summed E-state index contributed by atoms with van der Waals surface area (Å²) in [6, 6.07) is 5.69. The molecule has 0 aromatic heterocycles. The normalized spacial score (nSPS) is 11.4. The zero-order chi connectivity index (χ0) is 13.1. The molecule has 1 aromatic carbocycles. The topological polar surface area (TPSA) is 29.1 Å². The average Bonchev–Trinajstić information content (AvgIpc) is 2.15. The molecule has 0 spiro atoms. The number of carbonyl (C=O) groups excluding carboxylic acids is 1. The number of hydrogen-bond donors (Lipinski definition) is 1. The molecule has 0 aliphatic carbocycles. The number of nitrogens with one attached hydrogen (secondary N) is 1. The summed E-state index contributed by atoms with van der Waals surface area (Å²) in [4.78, 5) is 12.1. The van der Waals surface area contributed by atoms with E-state index in [9.17, 15) is 4.79 Å². The van der Waals surface area contributed by atoms with Crippen molar-refractivity contribution in [3.8, 4) is 0 Å². The maximum absolute atomic E-state index is 12.1. The summed E-state index contributed by atoms with van der Waals surface area (Å²) >= 11 is 6.79. The molecule has 0 atom stereocenters. The average molecular weight is 363 g/mol. The van der Waals surface area contributed by atoms with Crippen molar-refractivity contribution in [1.82, 2.24) is 5.32 Å². The Morgan fingerprint density at radius 2 is 2.06 bits per heavy atom. The third kappa shape index (κ3) is 4.43. The molecule has 0 saturated carbocycles. The van der Waals surface area contributed by atoms with Gasteiger partial charge in [0.1, 0.15) is 0 Å². The number of benzene rings is 1. The standard InChI is InChI=1S/C13H17Br2NO/c1-9-8-10(15)4-5-11(9)12(17)16-13(2,3)6-7-14/h4-5,8H,6-7H2,1-3H3,(H,16,17). The third-order valence-electron chi connectivity index (χ3n) is 2.60. The molecule has 2 nitrogen and oxygen atoms in total. The molecule has 0 unspecified atom stereocenters. The van der Waals surface area contributed by atoms with Gasteiger partial charge >= 0.3 is 0 Å². The maximum Gasteiger partial charge on any atom is 0.251 e. The van der Waals surface area contributed by atoms with E-state index < -0.39 is 0 Å². The van der Waals surface area contributed by atoms with Crippen molar-refractivity contribution < 1.29 is 4.79 Å². The number of aryl methyl sites for hydroxylation is 1. The molecule has 0 fully saturated rings. The fraction of sp³-hybridized carbons (Fsp3) is 0.462. The first-order chi connectivity index (χ1) is 7.85. The molecule has 1 aromatic rings. The minimum absolute atomic E-state index is 0.0130. The van der Waals surface area contributed by atoms with Crippen molar-refractivity contribution in [3.05, 3.63) is 33.8 Å². The van der Waals surface area contributed by atoms with Crippen LogP contribution in [0.1, 0.15) is 36.2 Å². The summed E-state index contributed by atoms with van der Waals surface area (Å²) in [5, 5.41) is 3.92. The minimum Gasteiger partial charge on any atom is -0.347 e. The van der Waals surface area contributed by atoms with Crippen molar-refractivity contribution in [2.75, 3.05) is 5.33 Å². The first-order valence-electron chi connectivity index (χ1n) is 5.50. The Balaban J connectivity index is 2.83. The van der Waals surface area contributed by atoms with Gasteiger partial charge in [-0.3, -0.25) is 4.79 Å². The molecule has 0 heterocycles. The van der Waals surface area contributed by atoms with Gasteiger partial charge in [0.15, 0.2) is 0 Å². The summed E-state index contributed by atoms with van der Waals surface area (Å²) in [5.41, 5.74) is 1.52. The predicted molar refractivity (Wildman–Crippen MR) is 78.8 cm³/mol. The molecular formula is C13H17Br2NO. The van der Waals surface area contributed by atoms with E-state index in [1.165, 1.54) is 0 Å². The number of amides is 1. The van der Waals surface area contributed by atoms with E-state index in [1.807, 2.05) is 39.0 Å². The van der Waals surface area contributed by atoms with Gasteiger partial charge in [-0.2, -0.15) is 0 Å². The molecule has 1 amide bonds. The van der Waals surface area contributed by atoms with E-state index in [0.717, 1.165) is 27.4 Å². The number of rotatable bonds is 4. The molecule has 0 aliphatic heterocycles. The Bertz CT molecular complexity index is 416. The Labute approximate surface area is 119 Å². The van der Waals surface area contributed by atoms with Crippen molar-refractivity contribution in [1.29, 1.82) is 0 Å². The van der Waals surface area contributed by atoms with Gasteiger partial charge in [-0.15, -0.1) is 0 Å². The van der Waals surface area contributed by atoms with Gasteiger partial charge in [0.2, 0.25) is 0 Å². The van der Waals surface area contributed by atoms with Crippen molar-refractivity contribution in [2.24, 2.45) is 0 Å². The van der Waals surface area contributed by atoms with Gasteiger partial charge in [-0.05, 0) is 51.0 Å². The minimum atomic E-state index is -0.194. The van der Waals surface area contributed by atoms with Crippen LogP contribution in [0.4, 0.5) is 0 Å². The molecule has 0 aliphatic rings. The fourth-order valence-corrected chi connectivity index (χ4v) is 3.02. The predicted octanol–water partition coefficient (Wildman–Crippen LogP) is 4.05. The summed E-state index contributed by atoms with van der Waals surface area (Å²) in [6.45, 7) is 6.00. The third-order valence-corrected chi connectivity index (χ3v) is 3.49. The molecule has 1 rings (SSSR count).